The van der Waals surface area contributed by atoms with Crippen LogP contribution in [0.25, 0.3) is 0 Å². The molecule has 9 unspecified atom stereocenters. The van der Waals surface area contributed by atoms with Gasteiger partial charge in [0.25, 0.3) is 0 Å². The summed E-state index contributed by atoms with van der Waals surface area (Å²) in [7, 11) is 0. The van der Waals surface area contributed by atoms with Gasteiger partial charge in [-0.3, -0.25) is 4.79 Å². The van der Waals surface area contributed by atoms with Crippen molar-refractivity contribution in [2.24, 2.45) is 0 Å². The maximum Gasteiger partial charge on any atom is 0.245 e. The van der Waals surface area contributed by atoms with Crippen molar-refractivity contribution in [3.8, 4) is 0 Å². The molecule has 178 valence electrons. The van der Waals surface area contributed by atoms with E-state index in [9.17, 15) is 45.6 Å². The molecule has 0 aromatic rings. The Morgan fingerprint density at radius 3 is 2.20 bits per heavy atom. The molecule has 14 heteroatoms. The average molecular weight is 444 g/mol. The van der Waals surface area contributed by atoms with Crippen molar-refractivity contribution in [2.45, 2.75) is 55.1 Å². The van der Waals surface area contributed by atoms with Crippen molar-refractivity contribution in [1.29, 1.82) is 0 Å². The van der Waals surface area contributed by atoms with E-state index in [4.69, 9.17) is 14.6 Å². The summed E-state index contributed by atoms with van der Waals surface area (Å²) in [4.78, 5) is 10.9. The van der Waals surface area contributed by atoms with Crippen LogP contribution in [0, 0.1) is 0 Å². The fraction of sp³-hybridized carbons (Fsp3) is 0.938. The molecule has 14 nitrogen and oxygen atoms in total. The minimum absolute atomic E-state index is 0.131. The molecule has 9 atom stereocenters. The molecule has 1 aliphatic heterocycles. The topological polar surface area (TPSA) is 242 Å². The maximum atomic E-state index is 10.9. The lowest BCUT2D eigenvalue weighted by Crippen LogP contribution is -2.61. The van der Waals surface area contributed by atoms with Crippen LogP contribution in [0.4, 0.5) is 0 Å². The first-order valence-corrected chi connectivity index (χ1v) is 9.37. The minimum atomic E-state index is -1.81. The highest BCUT2D eigenvalue weighted by Crippen LogP contribution is 2.24. The first-order valence-electron chi connectivity index (χ1n) is 9.37. The number of hydrogen-bond acceptors (Lipinski definition) is 13. The van der Waals surface area contributed by atoms with E-state index in [-0.39, 0.29) is 19.6 Å². The van der Waals surface area contributed by atoms with Crippen LogP contribution in [0.5, 0.6) is 0 Å². The number of aliphatic hydroxyl groups excluding tert-OH is 9. The van der Waals surface area contributed by atoms with Crippen molar-refractivity contribution in [3.63, 3.8) is 0 Å². The molecule has 1 heterocycles. The third-order valence-corrected chi connectivity index (χ3v) is 4.56. The summed E-state index contributed by atoms with van der Waals surface area (Å²) in [6, 6.07) is 0. The van der Waals surface area contributed by atoms with Crippen LogP contribution in [0.3, 0.4) is 0 Å². The van der Waals surface area contributed by atoms with Gasteiger partial charge in [-0.15, -0.1) is 0 Å². The van der Waals surface area contributed by atoms with Crippen LogP contribution < -0.4 is 10.6 Å². The van der Waals surface area contributed by atoms with E-state index in [0.717, 1.165) is 0 Å². The zero-order chi connectivity index (χ0) is 22.8. The Morgan fingerprint density at radius 2 is 1.63 bits per heavy atom. The molecule has 1 amide bonds. The third kappa shape index (κ3) is 7.60. The predicted octanol–water partition coefficient (Wildman–Crippen LogP) is -7.06. The van der Waals surface area contributed by atoms with Gasteiger partial charge in [0.05, 0.1) is 19.3 Å². The lowest BCUT2D eigenvalue weighted by atomic mass is 9.98. The maximum absolute atomic E-state index is 10.9. The third-order valence-electron chi connectivity index (χ3n) is 4.56. The van der Waals surface area contributed by atoms with Gasteiger partial charge in [-0.1, -0.05) is 0 Å². The van der Waals surface area contributed by atoms with Crippen LogP contribution in [0.15, 0.2) is 0 Å². The Morgan fingerprint density at radius 1 is 0.967 bits per heavy atom. The van der Waals surface area contributed by atoms with Gasteiger partial charge in [0.2, 0.25) is 5.91 Å². The number of ether oxygens (including phenoxy) is 2. The first kappa shape index (κ1) is 27.0. The Labute approximate surface area is 172 Å². The van der Waals surface area contributed by atoms with Crippen LogP contribution in [-0.2, 0) is 14.3 Å². The molecular formula is C16H32N2O12. The van der Waals surface area contributed by atoms with Gasteiger partial charge < -0.3 is 66.1 Å². The average Bonchev–Trinajstić information content (AvgIpc) is 2.75. The van der Waals surface area contributed by atoms with E-state index in [1.54, 1.807) is 0 Å². The highest BCUT2D eigenvalue weighted by molar-refractivity contribution is 5.76. The Balaban J connectivity index is 2.68. The Bertz CT molecular complexity index is 499. The van der Waals surface area contributed by atoms with Crippen LogP contribution in [0.1, 0.15) is 0 Å². The van der Waals surface area contributed by atoms with Crippen molar-refractivity contribution in [1.82, 2.24) is 10.6 Å². The number of hydrogen-bond donors (Lipinski definition) is 11. The number of amides is 1. The monoisotopic (exact) mass is 444 g/mol. The fourth-order valence-corrected chi connectivity index (χ4v) is 2.77. The molecule has 0 aromatic carbocycles. The second-order valence-electron chi connectivity index (χ2n) is 6.82. The first-order chi connectivity index (χ1) is 14.2. The molecule has 0 aromatic heterocycles. The van der Waals surface area contributed by atoms with Crippen LogP contribution in [0.2, 0.25) is 0 Å². The molecule has 1 aliphatic rings. The number of aliphatic hydroxyl groups is 9. The second kappa shape index (κ2) is 13.4. The van der Waals surface area contributed by atoms with Gasteiger partial charge in [-0.25, -0.2) is 0 Å². The van der Waals surface area contributed by atoms with Crippen LogP contribution in [-0.4, -0.2) is 146 Å². The zero-order valence-corrected chi connectivity index (χ0v) is 16.2. The second-order valence-corrected chi connectivity index (χ2v) is 6.82. The van der Waals surface area contributed by atoms with Gasteiger partial charge in [0, 0.05) is 19.6 Å². The van der Waals surface area contributed by atoms with E-state index in [1.165, 1.54) is 0 Å². The molecule has 0 bridgehead atoms. The standard InChI is InChI=1S/C16H32N2O12/c19-4-8(23)15(11(25)7(22)3-17-1-2-18-10(24)6-21)30-16-14(28)13(27)12(26)9(5-20)29-16/h7-9,11-17,19-23,25-28H,1-6H2,(H,18,24). The van der Waals surface area contributed by atoms with Crippen molar-refractivity contribution in [3.05, 3.63) is 0 Å². The van der Waals surface area contributed by atoms with E-state index in [2.05, 4.69) is 10.6 Å². The SMILES string of the molecule is O=C(CO)NCCNCC(O)C(O)C(OC1OC(CO)C(O)C(O)C1O)C(O)CO. The number of rotatable bonds is 13. The van der Waals surface area contributed by atoms with Crippen LogP contribution >= 0.6 is 0 Å². The molecule has 1 rings (SSSR count). The Kier molecular flexibility index (Phi) is 12.1. The molecule has 1 fully saturated rings. The molecule has 0 radical (unpaired) electrons. The fourth-order valence-electron chi connectivity index (χ4n) is 2.77. The summed E-state index contributed by atoms with van der Waals surface area (Å²) in [5.41, 5.74) is 0. The summed E-state index contributed by atoms with van der Waals surface area (Å²) >= 11 is 0. The van der Waals surface area contributed by atoms with E-state index in [1.807, 2.05) is 0 Å². The molecular weight excluding hydrogens is 412 g/mol. The number of carbonyl (C=O) groups excluding carboxylic acids is 1. The molecule has 11 N–H and O–H groups in total. The number of carbonyl (C=O) groups is 1. The predicted molar refractivity (Wildman–Crippen MR) is 96.7 cm³/mol. The van der Waals surface area contributed by atoms with Gasteiger partial charge >= 0.3 is 0 Å². The van der Waals surface area contributed by atoms with Gasteiger partial charge in [-0.05, 0) is 0 Å². The Hall–Kier alpha value is -1.01. The number of nitrogens with one attached hydrogen (secondary N) is 2. The van der Waals surface area contributed by atoms with Crippen molar-refractivity contribution >= 4 is 5.91 Å². The summed E-state index contributed by atoms with van der Waals surface area (Å²) < 4.78 is 10.4. The van der Waals surface area contributed by atoms with E-state index < -0.39 is 80.8 Å². The van der Waals surface area contributed by atoms with Gasteiger partial charge in [0.15, 0.2) is 6.29 Å². The highest BCUT2D eigenvalue weighted by atomic mass is 16.7. The summed E-state index contributed by atoms with van der Waals surface area (Å²) in [6.45, 7) is -2.19. The summed E-state index contributed by atoms with van der Waals surface area (Å²) in [6.07, 6.45) is -14.9. The molecule has 0 aliphatic carbocycles. The van der Waals surface area contributed by atoms with E-state index in [0.29, 0.717) is 0 Å². The normalized spacial score (nSPS) is 31.0. The highest BCUT2D eigenvalue weighted by Gasteiger charge is 2.46. The lowest BCUT2D eigenvalue weighted by Gasteiger charge is -2.42. The summed E-state index contributed by atoms with van der Waals surface area (Å²) in [5, 5.41) is 92.1. The molecule has 1 saturated heterocycles. The minimum Gasteiger partial charge on any atom is -0.394 e. The smallest absolute Gasteiger partial charge is 0.245 e. The molecule has 30 heavy (non-hydrogen) atoms. The van der Waals surface area contributed by atoms with Crippen molar-refractivity contribution in [2.75, 3.05) is 39.5 Å². The molecule has 0 spiro atoms. The van der Waals surface area contributed by atoms with Gasteiger partial charge in [0.1, 0.15) is 49.3 Å². The quantitative estimate of drug-likeness (QED) is 0.118. The summed E-state index contributed by atoms with van der Waals surface area (Å²) in [5.74, 6) is -0.587. The zero-order valence-electron chi connectivity index (χ0n) is 16.2. The van der Waals surface area contributed by atoms with Gasteiger partial charge in [-0.2, -0.15) is 0 Å². The van der Waals surface area contributed by atoms with E-state index >= 15 is 0 Å². The largest absolute Gasteiger partial charge is 0.394 e. The van der Waals surface area contributed by atoms with Crippen molar-refractivity contribution < 1.29 is 60.2 Å². The lowest BCUT2D eigenvalue weighted by molar-refractivity contribution is -0.327. The molecule has 0 saturated carbocycles.